The van der Waals surface area contributed by atoms with Crippen LogP contribution in [0.3, 0.4) is 0 Å². The van der Waals surface area contributed by atoms with E-state index in [1.807, 2.05) is 38.1 Å². The van der Waals surface area contributed by atoms with E-state index in [0.717, 1.165) is 41.1 Å². The van der Waals surface area contributed by atoms with Gasteiger partial charge in [-0.05, 0) is 56.0 Å². The molecule has 1 fully saturated rings. The van der Waals surface area contributed by atoms with Crippen molar-refractivity contribution >= 4 is 27.5 Å². The van der Waals surface area contributed by atoms with Gasteiger partial charge in [0.15, 0.2) is 0 Å². The molecular formula is C32H39N3O5S. The van der Waals surface area contributed by atoms with Crippen molar-refractivity contribution in [3.8, 4) is 5.75 Å². The number of rotatable bonds is 12. The predicted molar refractivity (Wildman–Crippen MR) is 160 cm³/mol. The molecule has 4 rings (SSSR count). The number of carbonyl (C=O) groups excluding carboxylic acids is 2. The number of amides is 2. The SMILES string of the molecule is CC[C@H](C(=O)NC1CCCC1)N(Cc1ccc(C)cc1)C(=O)CN(c1cccc(OC)c1)S(=O)(=O)c1ccccc1. The Hall–Kier alpha value is -3.85. The van der Waals surface area contributed by atoms with Crippen molar-refractivity contribution in [1.29, 1.82) is 0 Å². The molecule has 3 aromatic carbocycles. The largest absolute Gasteiger partial charge is 0.497 e. The van der Waals surface area contributed by atoms with Gasteiger partial charge in [0.25, 0.3) is 10.0 Å². The van der Waals surface area contributed by atoms with Crippen LogP contribution in [0.15, 0.2) is 83.8 Å². The standard InChI is InChI=1S/C32H39N3O5S/c1-4-30(32(37)33-26-11-8-9-12-26)34(22-25-19-17-24(2)18-20-25)31(36)23-35(27-13-10-14-28(21-27)40-3)41(38,39)29-15-6-5-7-16-29/h5-7,10,13-21,26,30H,4,8-9,11-12,22-23H2,1-3H3,(H,33,37)/t30-/m1/s1. The number of sulfonamides is 1. The molecule has 1 N–H and O–H groups in total. The Balaban J connectivity index is 1.71. The van der Waals surface area contributed by atoms with Crippen molar-refractivity contribution < 1.29 is 22.7 Å². The van der Waals surface area contributed by atoms with Crippen LogP contribution in [0.1, 0.15) is 50.2 Å². The first-order valence-corrected chi connectivity index (χ1v) is 15.5. The predicted octanol–water partition coefficient (Wildman–Crippen LogP) is 5.07. The monoisotopic (exact) mass is 577 g/mol. The lowest BCUT2D eigenvalue weighted by Gasteiger charge is -2.34. The topological polar surface area (TPSA) is 96.0 Å². The molecule has 1 aliphatic rings. The molecule has 3 aromatic rings. The van der Waals surface area contributed by atoms with Crippen LogP contribution in [-0.2, 0) is 26.2 Å². The molecule has 0 heterocycles. The van der Waals surface area contributed by atoms with E-state index < -0.39 is 28.5 Å². The van der Waals surface area contributed by atoms with Crippen LogP contribution < -0.4 is 14.4 Å². The Morgan fingerprint density at radius 3 is 2.29 bits per heavy atom. The summed E-state index contributed by atoms with van der Waals surface area (Å²) in [5.41, 5.74) is 2.23. The van der Waals surface area contributed by atoms with Crippen LogP contribution in [-0.4, -0.2) is 50.9 Å². The number of anilines is 1. The number of methoxy groups -OCH3 is 1. The van der Waals surface area contributed by atoms with Gasteiger partial charge in [-0.3, -0.25) is 13.9 Å². The number of nitrogens with zero attached hydrogens (tertiary/aromatic N) is 2. The summed E-state index contributed by atoms with van der Waals surface area (Å²) in [5.74, 6) is -0.220. The number of nitrogens with one attached hydrogen (secondary N) is 1. The molecule has 0 saturated heterocycles. The van der Waals surface area contributed by atoms with Crippen molar-refractivity contribution in [2.24, 2.45) is 0 Å². The lowest BCUT2D eigenvalue weighted by molar-refractivity contribution is -0.140. The Morgan fingerprint density at radius 1 is 0.976 bits per heavy atom. The Kier molecular flexibility index (Phi) is 10.0. The van der Waals surface area contributed by atoms with Crippen molar-refractivity contribution in [1.82, 2.24) is 10.2 Å². The molecule has 1 atom stereocenters. The molecule has 1 saturated carbocycles. The minimum Gasteiger partial charge on any atom is -0.497 e. The molecule has 0 spiro atoms. The second-order valence-electron chi connectivity index (χ2n) is 10.4. The summed E-state index contributed by atoms with van der Waals surface area (Å²) in [6.45, 7) is 3.54. The zero-order valence-corrected chi connectivity index (χ0v) is 24.8. The van der Waals surface area contributed by atoms with Gasteiger partial charge in [-0.2, -0.15) is 0 Å². The molecule has 1 aliphatic carbocycles. The lowest BCUT2D eigenvalue weighted by atomic mass is 10.1. The normalized spacial score (nSPS) is 14.3. The quantitative estimate of drug-likeness (QED) is 0.325. The van der Waals surface area contributed by atoms with E-state index >= 15 is 0 Å². The van der Waals surface area contributed by atoms with Crippen molar-refractivity contribution in [2.45, 2.75) is 69.5 Å². The van der Waals surface area contributed by atoms with E-state index in [1.54, 1.807) is 42.5 Å². The van der Waals surface area contributed by atoms with Crippen molar-refractivity contribution in [2.75, 3.05) is 18.0 Å². The molecule has 0 radical (unpaired) electrons. The lowest BCUT2D eigenvalue weighted by Crippen LogP contribution is -2.53. The minimum absolute atomic E-state index is 0.0618. The van der Waals surface area contributed by atoms with Crippen LogP contribution in [0.25, 0.3) is 0 Å². The number of ether oxygens (including phenoxy) is 1. The summed E-state index contributed by atoms with van der Waals surface area (Å²) in [5, 5.41) is 3.14. The van der Waals surface area contributed by atoms with Crippen LogP contribution in [0.4, 0.5) is 5.69 Å². The van der Waals surface area contributed by atoms with Gasteiger partial charge in [-0.15, -0.1) is 0 Å². The first kappa shape index (κ1) is 30.1. The number of hydrogen-bond acceptors (Lipinski definition) is 5. The fourth-order valence-electron chi connectivity index (χ4n) is 5.19. The Bertz CT molecular complexity index is 1420. The number of benzene rings is 3. The van der Waals surface area contributed by atoms with Gasteiger partial charge in [-0.25, -0.2) is 8.42 Å². The average molecular weight is 578 g/mol. The molecule has 218 valence electrons. The van der Waals surface area contributed by atoms with E-state index in [2.05, 4.69) is 5.32 Å². The maximum Gasteiger partial charge on any atom is 0.264 e. The zero-order valence-electron chi connectivity index (χ0n) is 24.0. The van der Waals surface area contributed by atoms with E-state index in [9.17, 15) is 18.0 Å². The molecule has 0 aliphatic heterocycles. The third kappa shape index (κ3) is 7.47. The van der Waals surface area contributed by atoms with Crippen LogP contribution in [0.5, 0.6) is 5.75 Å². The van der Waals surface area contributed by atoms with Crippen molar-refractivity contribution in [3.63, 3.8) is 0 Å². The first-order valence-electron chi connectivity index (χ1n) is 14.1. The molecular weight excluding hydrogens is 538 g/mol. The molecule has 41 heavy (non-hydrogen) atoms. The summed E-state index contributed by atoms with van der Waals surface area (Å²) in [4.78, 5) is 29.3. The van der Waals surface area contributed by atoms with Gasteiger partial charge >= 0.3 is 0 Å². The summed E-state index contributed by atoms with van der Waals surface area (Å²) >= 11 is 0. The molecule has 2 amide bonds. The highest BCUT2D eigenvalue weighted by Crippen LogP contribution is 2.28. The van der Waals surface area contributed by atoms with Crippen LogP contribution in [0, 0.1) is 6.92 Å². The van der Waals surface area contributed by atoms with Gasteiger partial charge < -0.3 is 15.0 Å². The molecule has 0 aromatic heterocycles. The fourth-order valence-corrected chi connectivity index (χ4v) is 6.62. The van der Waals surface area contributed by atoms with Crippen molar-refractivity contribution in [3.05, 3.63) is 90.0 Å². The molecule has 9 heteroatoms. The Labute approximate surface area is 243 Å². The zero-order chi connectivity index (χ0) is 29.4. The first-order chi connectivity index (χ1) is 19.7. The second kappa shape index (κ2) is 13.7. The van der Waals surface area contributed by atoms with Crippen LogP contribution >= 0.6 is 0 Å². The summed E-state index contributed by atoms with van der Waals surface area (Å²) in [7, 11) is -2.63. The molecule has 0 bridgehead atoms. The average Bonchev–Trinajstić information content (AvgIpc) is 3.50. The number of aryl methyl sites for hydroxylation is 1. The third-order valence-electron chi connectivity index (χ3n) is 7.51. The minimum atomic E-state index is -4.13. The van der Waals surface area contributed by atoms with Gasteiger partial charge in [0, 0.05) is 18.7 Å². The third-order valence-corrected chi connectivity index (χ3v) is 9.30. The second-order valence-corrected chi connectivity index (χ2v) is 12.3. The maximum absolute atomic E-state index is 14.2. The Morgan fingerprint density at radius 2 is 1.66 bits per heavy atom. The van der Waals surface area contributed by atoms with E-state index in [4.69, 9.17) is 4.74 Å². The highest BCUT2D eigenvalue weighted by atomic mass is 32.2. The van der Waals surface area contributed by atoms with E-state index in [-0.39, 0.29) is 23.4 Å². The summed E-state index contributed by atoms with van der Waals surface area (Å²) < 4.78 is 34.3. The van der Waals surface area contributed by atoms with Gasteiger partial charge in [-0.1, -0.05) is 73.9 Å². The maximum atomic E-state index is 14.2. The van der Waals surface area contributed by atoms with Gasteiger partial charge in [0.2, 0.25) is 11.8 Å². The van der Waals surface area contributed by atoms with Gasteiger partial charge in [0.05, 0.1) is 17.7 Å². The van der Waals surface area contributed by atoms with E-state index in [1.165, 1.54) is 24.1 Å². The van der Waals surface area contributed by atoms with Gasteiger partial charge in [0.1, 0.15) is 18.3 Å². The molecule has 8 nitrogen and oxygen atoms in total. The number of carbonyl (C=O) groups is 2. The number of hydrogen-bond donors (Lipinski definition) is 1. The van der Waals surface area contributed by atoms with Crippen LogP contribution in [0.2, 0.25) is 0 Å². The smallest absolute Gasteiger partial charge is 0.264 e. The molecule has 0 unspecified atom stereocenters. The summed E-state index contributed by atoms with van der Waals surface area (Å²) in [6.07, 6.45) is 4.38. The highest BCUT2D eigenvalue weighted by molar-refractivity contribution is 7.92. The van der Waals surface area contributed by atoms with E-state index in [0.29, 0.717) is 17.9 Å². The highest BCUT2D eigenvalue weighted by Gasteiger charge is 2.34. The fraction of sp³-hybridized carbons (Fsp3) is 0.375. The summed E-state index contributed by atoms with van der Waals surface area (Å²) in [6, 6.07) is 21.7.